The first-order chi connectivity index (χ1) is 18.7. The van der Waals surface area contributed by atoms with Gasteiger partial charge >= 0.3 is 29.8 Å². The molecule has 0 aromatic heterocycles. The number of hydrogen-bond acceptors (Lipinski definition) is 7. The van der Waals surface area contributed by atoms with Crippen LogP contribution in [0.2, 0.25) is 0 Å². The fourth-order valence-corrected chi connectivity index (χ4v) is 3.43. The first-order valence-corrected chi connectivity index (χ1v) is 11.7. The smallest absolute Gasteiger partial charge is 0.416 e. The van der Waals surface area contributed by atoms with E-state index in [9.17, 15) is 55.8 Å². The van der Waals surface area contributed by atoms with E-state index < -0.39 is 68.3 Å². The van der Waals surface area contributed by atoms with E-state index in [4.69, 9.17) is 9.47 Å². The van der Waals surface area contributed by atoms with Gasteiger partial charge < -0.3 is 14.4 Å². The minimum atomic E-state index is -4.71. The molecule has 1 saturated heterocycles. The molecule has 1 aliphatic heterocycles. The van der Waals surface area contributed by atoms with Crippen molar-refractivity contribution in [3.63, 3.8) is 0 Å². The summed E-state index contributed by atoms with van der Waals surface area (Å²) in [5.74, 6) is -1.51. The highest BCUT2D eigenvalue weighted by molar-refractivity contribution is 5.68. The Kier molecular flexibility index (Phi) is 10.1. The largest absolute Gasteiger partial charge is 0.483 e. The lowest BCUT2D eigenvalue weighted by molar-refractivity contribution is -0.387. The van der Waals surface area contributed by atoms with Gasteiger partial charge in [0.25, 0.3) is 0 Å². The predicted molar refractivity (Wildman–Crippen MR) is 128 cm³/mol. The molecule has 0 unspecified atom stereocenters. The molecule has 1 heterocycles. The second-order valence-corrected chi connectivity index (χ2v) is 9.64. The van der Waals surface area contributed by atoms with E-state index in [0.29, 0.717) is 44.1 Å². The highest BCUT2D eigenvalue weighted by atomic mass is 19.4. The fraction of sp³-hybridized carbons (Fsp3) is 0.458. The zero-order valence-electron chi connectivity index (χ0n) is 21.7. The molecule has 17 heteroatoms. The number of halogens is 7. The number of piperidine rings is 1. The lowest BCUT2D eigenvalue weighted by Crippen LogP contribution is -2.44. The number of nitrogens with zero attached hydrogens (tertiary/aromatic N) is 3. The number of amides is 1. The number of carbonyl (C=O) groups excluding carboxylic acids is 1. The maximum Gasteiger partial charge on any atom is 0.416 e. The van der Waals surface area contributed by atoms with E-state index >= 15 is 0 Å². The monoisotopic (exact) mass is 599 g/mol. The summed E-state index contributed by atoms with van der Waals surface area (Å²) in [6.45, 7) is 5.92. The van der Waals surface area contributed by atoms with Crippen molar-refractivity contribution < 1.29 is 54.8 Å². The van der Waals surface area contributed by atoms with Crippen LogP contribution >= 0.6 is 0 Å². The van der Waals surface area contributed by atoms with Gasteiger partial charge in [-0.05, 0) is 45.0 Å². The van der Waals surface area contributed by atoms with E-state index in [1.807, 2.05) is 0 Å². The van der Waals surface area contributed by atoms with Crippen LogP contribution in [0.1, 0.15) is 44.7 Å². The molecule has 0 spiro atoms. The Morgan fingerprint density at radius 3 is 1.76 bits per heavy atom. The quantitative estimate of drug-likeness (QED) is 0.208. The number of ether oxygens (including phenoxy) is 2. The van der Waals surface area contributed by atoms with Crippen LogP contribution in [0, 0.1) is 26.0 Å². The van der Waals surface area contributed by atoms with Crippen LogP contribution in [0.4, 0.5) is 46.9 Å². The van der Waals surface area contributed by atoms with Crippen LogP contribution in [-0.4, -0.2) is 45.6 Å². The van der Waals surface area contributed by atoms with Gasteiger partial charge in [0.15, 0.2) is 5.75 Å². The molecule has 2 aromatic rings. The van der Waals surface area contributed by atoms with Gasteiger partial charge in [-0.3, -0.25) is 20.2 Å². The number of nitro groups is 2. The first-order valence-electron chi connectivity index (χ1n) is 11.7. The number of likely N-dealkylation sites (tertiary alicyclic amines) is 1. The number of alkyl halides is 6. The van der Waals surface area contributed by atoms with Gasteiger partial charge in [0.2, 0.25) is 5.82 Å². The molecule has 0 radical (unpaired) electrons. The third kappa shape index (κ3) is 9.75. The van der Waals surface area contributed by atoms with E-state index in [1.165, 1.54) is 4.90 Å². The van der Waals surface area contributed by atoms with Gasteiger partial charge in [0, 0.05) is 38.1 Å². The minimum Gasteiger partial charge on any atom is -0.483 e. The van der Waals surface area contributed by atoms with Crippen molar-refractivity contribution >= 4 is 17.5 Å². The molecule has 226 valence electrons. The molecule has 0 aliphatic carbocycles. The number of hydrogen-bond donors (Lipinski definition) is 0. The van der Waals surface area contributed by atoms with Gasteiger partial charge in [-0.25, -0.2) is 4.79 Å². The summed E-state index contributed by atoms with van der Waals surface area (Å²) in [7, 11) is 0. The third-order valence-corrected chi connectivity index (χ3v) is 5.34. The van der Waals surface area contributed by atoms with Crippen LogP contribution in [0.25, 0.3) is 0 Å². The molecule has 0 bridgehead atoms. The molecule has 3 rings (SSSR count). The molecule has 10 nitrogen and oxygen atoms in total. The Balaban J connectivity index is 0.000000353. The first kappa shape index (κ1) is 33.0. The van der Waals surface area contributed by atoms with Crippen molar-refractivity contribution in [1.29, 1.82) is 0 Å². The molecule has 1 fully saturated rings. The molecule has 2 aromatic carbocycles. The van der Waals surface area contributed by atoms with E-state index in [1.54, 1.807) is 20.8 Å². The summed E-state index contributed by atoms with van der Waals surface area (Å²) in [5.41, 5.74) is -4.89. The molecule has 0 saturated carbocycles. The van der Waals surface area contributed by atoms with Crippen molar-refractivity contribution in [2.24, 2.45) is 0 Å². The van der Waals surface area contributed by atoms with Crippen LogP contribution < -0.4 is 4.74 Å². The van der Waals surface area contributed by atoms with Crippen molar-refractivity contribution in [2.45, 2.75) is 57.7 Å². The molecular formula is C24H24F7N3O7. The van der Waals surface area contributed by atoms with Crippen molar-refractivity contribution in [2.75, 3.05) is 13.1 Å². The van der Waals surface area contributed by atoms with Crippen molar-refractivity contribution in [1.82, 2.24) is 4.90 Å². The van der Waals surface area contributed by atoms with Crippen molar-refractivity contribution in [3.05, 3.63) is 73.6 Å². The van der Waals surface area contributed by atoms with Crippen molar-refractivity contribution in [3.8, 4) is 5.75 Å². The molecule has 0 atom stereocenters. The van der Waals surface area contributed by atoms with Crippen LogP contribution in [-0.2, 0) is 17.1 Å². The molecule has 0 N–H and O–H groups in total. The molecule has 1 amide bonds. The normalized spacial score (nSPS) is 14.5. The molecular weight excluding hydrogens is 575 g/mol. The summed E-state index contributed by atoms with van der Waals surface area (Å²) in [4.78, 5) is 32.6. The minimum absolute atomic E-state index is 0.162. The third-order valence-electron chi connectivity index (χ3n) is 5.34. The van der Waals surface area contributed by atoms with Crippen LogP contribution in [0.15, 0.2) is 36.4 Å². The fourth-order valence-electron chi connectivity index (χ4n) is 3.43. The summed E-state index contributed by atoms with van der Waals surface area (Å²) < 4.78 is 97.7. The predicted octanol–water partition coefficient (Wildman–Crippen LogP) is 7.14. The van der Waals surface area contributed by atoms with Gasteiger partial charge in [-0.1, -0.05) is 0 Å². The number of rotatable bonds is 4. The van der Waals surface area contributed by atoms with E-state index in [2.05, 4.69) is 0 Å². The van der Waals surface area contributed by atoms with Gasteiger partial charge in [0.05, 0.1) is 21.0 Å². The maximum absolute atomic E-state index is 12.7. The van der Waals surface area contributed by atoms with Gasteiger partial charge in [-0.15, -0.1) is 0 Å². The lowest BCUT2D eigenvalue weighted by atomic mass is 10.1. The highest BCUT2D eigenvalue weighted by Crippen LogP contribution is 2.37. The Bertz CT molecular complexity index is 1270. The van der Waals surface area contributed by atoms with E-state index in [-0.39, 0.29) is 11.8 Å². The number of nitro benzene ring substituents is 2. The summed E-state index contributed by atoms with van der Waals surface area (Å²) in [6, 6.07) is 3.20. The topological polar surface area (TPSA) is 125 Å². The molecule has 41 heavy (non-hydrogen) atoms. The second-order valence-electron chi connectivity index (χ2n) is 9.64. The van der Waals surface area contributed by atoms with Crippen LogP contribution in [0.3, 0.4) is 0 Å². The second kappa shape index (κ2) is 12.6. The van der Waals surface area contributed by atoms with Gasteiger partial charge in [-0.2, -0.15) is 30.7 Å². The highest BCUT2D eigenvalue weighted by Gasteiger charge is 2.35. The van der Waals surface area contributed by atoms with E-state index in [0.717, 1.165) is 12.1 Å². The zero-order valence-corrected chi connectivity index (χ0v) is 21.7. The average molecular weight is 599 g/mol. The maximum atomic E-state index is 12.7. The Hall–Kier alpha value is -4.18. The van der Waals surface area contributed by atoms with Crippen LogP contribution in [0.5, 0.6) is 5.75 Å². The summed E-state index contributed by atoms with van der Waals surface area (Å²) in [6.07, 6.45) is -9.52. The summed E-state index contributed by atoms with van der Waals surface area (Å²) >= 11 is 0. The summed E-state index contributed by atoms with van der Waals surface area (Å²) in [5, 5.41) is 21.2. The SMILES string of the molecule is CC(C)(C)OC(=O)N1CCC(Oc2ccc(C(F)(F)F)cc2[N+](=O)[O-])CC1.O=[N+]([O-])c1cc(C(F)(F)F)ccc1F. The molecule has 1 aliphatic rings. The average Bonchev–Trinajstić information content (AvgIpc) is 2.82. The zero-order chi connectivity index (χ0) is 31.3. The Morgan fingerprint density at radius 2 is 1.32 bits per heavy atom. The van der Waals surface area contributed by atoms with Gasteiger partial charge in [0.1, 0.15) is 11.7 Å². The number of benzene rings is 2. The Morgan fingerprint density at radius 1 is 0.854 bits per heavy atom. The Labute approximate surface area is 227 Å². The standard InChI is InChI=1S/C17H21F3N2O5.C7H3F4NO2/c1-16(2,3)27-15(23)21-8-6-12(7-9-21)26-14-5-4-11(17(18,19)20)10-13(14)22(24)25;8-5-2-1-4(7(9,10)11)3-6(5)12(13)14/h4-5,10,12H,6-9H2,1-3H3;1-3H. The lowest BCUT2D eigenvalue weighted by Gasteiger charge is -2.33. The number of carbonyl (C=O) groups is 1.